The maximum absolute atomic E-state index is 11.4. The number of hydrogen-bond donors (Lipinski definition) is 0. The number of hydrogen-bond acceptors (Lipinski definition) is 2. The third-order valence-electron chi connectivity index (χ3n) is 2.18. The van der Waals surface area contributed by atoms with Gasteiger partial charge in [-0.1, -0.05) is 19.1 Å². The summed E-state index contributed by atoms with van der Waals surface area (Å²) in [4.78, 5) is 11.4. The number of allylic oxidation sites excluding steroid dienone is 1. The van der Waals surface area contributed by atoms with Crippen molar-refractivity contribution in [3.05, 3.63) is 36.3 Å². The lowest BCUT2D eigenvalue weighted by Gasteiger charge is -2.00. The fraction of sp³-hybridized carbons (Fsp3) is 0.417. The summed E-state index contributed by atoms with van der Waals surface area (Å²) in [7, 11) is 0. The molecule has 76 valence electrons. The Morgan fingerprint density at radius 1 is 1.57 bits per heavy atom. The molecule has 0 aliphatic heterocycles. The van der Waals surface area contributed by atoms with Crippen molar-refractivity contribution in [2.24, 2.45) is 0 Å². The van der Waals surface area contributed by atoms with Crippen molar-refractivity contribution in [2.75, 3.05) is 0 Å². The van der Waals surface area contributed by atoms with Crippen LogP contribution in [0, 0.1) is 0 Å². The highest BCUT2D eigenvalue weighted by Crippen LogP contribution is 2.09. The van der Waals surface area contributed by atoms with Crippen LogP contribution < -0.4 is 0 Å². The van der Waals surface area contributed by atoms with Gasteiger partial charge in [0.15, 0.2) is 0 Å². The fourth-order valence-electron chi connectivity index (χ4n) is 1.21. The molecular formula is C12H16O2. The highest BCUT2D eigenvalue weighted by atomic mass is 16.3. The van der Waals surface area contributed by atoms with Gasteiger partial charge in [0.25, 0.3) is 0 Å². The van der Waals surface area contributed by atoms with E-state index in [1.807, 2.05) is 19.1 Å². The Bertz CT molecular complexity index is 296. The molecule has 0 spiro atoms. The molecular weight excluding hydrogens is 176 g/mol. The minimum absolute atomic E-state index is 0.244. The van der Waals surface area contributed by atoms with Gasteiger partial charge in [0.05, 0.1) is 6.26 Å². The maximum atomic E-state index is 11.4. The minimum atomic E-state index is 0.244. The number of Topliss-reactive ketones (excluding diaryl/α,β-unsaturated/α-hetero) is 1. The lowest BCUT2D eigenvalue weighted by molar-refractivity contribution is -0.118. The number of furan rings is 1. The molecule has 0 aliphatic rings. The maximum Gasteiger partial charge on any atom is 0.137 e. The summed E-state index contributed by atoms with van der Waals surface area (Å²) < 4.78 is 5.14. The van der Waals surface area contributed by atoms with E-state index in [9.17, 15) is 4.79 Å². The van der Waals surface area contributed by atoms with Crippen molar-refractivity contribution in [3.8, 4) is 0 Å². The van der Waals surface area contributed by atoms with E-state index in [1.54, 1.807) is 6.26 Å². The van der Waals surface area contributed by atoms with Crippen LogP contribution in [0.1, 0.15) is 31.9 Å². The van der Waals surface area contributed by atoms with Crippen LogP contribution in [-0.2, 0) is 11.2 Å². The van der Waals surface area contributed by atoms with E-state index >= 15 is 0 Å². The fourth-order valence-corrected chi connectivity index (χ4v) is 1.21. The predicted molar refractivity (Wildman–Crippen MR) is 56.1 cm³/mol. The highest BCUT2D eigenvalue weighted by molar-refractivity contribution is 5.80. The van der Waals surface area contributed by atoms with E-state index in [1.165, 1.54) is 0 Å². The Kier molecular flexibility index (Phi) is 4.17. The largest absolute Gasteiger partial charge is 0.469 e. The van der Waals surface area contributed by atoms with E-state index < -0.39 is 0 Å². The van der Waals surface area contributed by atoms with Gasteiger partial charge in [0, 0.05) is 19.3 Å². The molecule has 1 aromatic heterocycles. The number of carbonyl (C=O) groups is 1. The van der Waals surface area contributed by atoms with Crippen molar-refractivity contribution in [2.45, 2.75) is 32.6 Å². The van der Waals surface area contributed by atoms with E-state index in [4.69, 9.17) is 4.42 Å². The first-order chi connectivity index (χ1) is 6.72. The van der Waals surface area contributed by atoms with Gasteiger partial charge < -0.3 is 4.42 Å². The monoisotopic (exact) mass is 192 g/mol. The molecule has 0 aromatic carbocycles. The van der Waals surface area contributed by atoms with Gasteiger partial charge in [0.2, 0.25) is 0 Å². The second kappa shape index (κ2) is 5.43. The molecule has 0 bridgehead atoms. The van der Waals surface area contributed by atoms with Crippen molar-refractivity contribution in [3.63, 3.8) is 0 Å². The molecule has 0 atom stereocenters. The first-order valence-electron chi connectivity index (χ1n) is 4.93. The summed E-state index contributed by atoms with van der Waals surface area (Å²) in [5.74, 6) is 1.12. The number of carbonyl (C=O) groups excluding carboxylic acids is 1. The smallest absolute Gasteiger partial charge is 0.137 e. The van der Waals surface area contributed by atoms with Gasteiger partial charge >= 0.3 is 0 Å². The van der Waals surface area contributed by atoms with Crippen molar-refractivity contribution in [1.29, 1.82) is 0 Å². The second-order valence-electron chi connectivity index (χ2n) is 3.40. The van der Waals surface area contributed by atoms with Gasteiger partial charge in [-0.3, -0.25) is 4.79 Å². The van der Waals surface area contributed by atoms with Gasteiger partial charge in [-0.15, -0.1) is 0 Å². The van der Waals surface area contributed by atoms with Crippen LogP contribution >= 0.6 is 0 Å². The lowest BCUT2D eigenvalue weighted by Crippen LogP contribution is -2.00. The molecule has 1 heterocycles. The molecule has 0 aliphatic carbocycles. The average Bonchev–Trinajstić information content (AvgIpc) is 2.67. The van der Waals surface area contributed by atoms with Crippen LogP contribution in [0.25, 0.3) is 0 Å². The van der Waals surface area contributed by atoms with Crippen LogP contribution in [-0.4, -0.2) is 5.78 Å². The topological polar surface area (TPSA) is 30.2 Å². The van der Waals surface area contributed by atoms with Gasteiger partial charge in [-0.05, 0) is 18.6 Å². The Balaban J connectivity index is 2.25. The molecule has 0 N–H and O–H groups in total. The van der Waals surface area contributed by atoms with Crippen LogP contribution in [0.4, 0.5) is 0 Å². The Labute approximate surface area is 84.6 Å². The van der Waals surface area contributed by atoms with Crippen LogP contribution in [0.5, 0.6) is 0 Å². The Morgan fingerprint density at radius 3 is 2.93 bits per heavy atom. The van der Waals surface area contributed by atoms with Gasteiger partial charge in [0.1, 0.15) is 11.5 Å². The first-order valence-corrected chi connectivity index (χ1v) is 4.93. The third kappa shape index (κ3) is 3.60. The summed E-state index contributed by atoms with van der Waals surface area (Å²) in [6, 6.07) is 3.73. The standard InChI is InChI=1S/C12H16O2/c1-3-10(2)9-11(13)6-7-12-5-4-8-14-12/h4-5,8H,2-3,6-7,9H2,1H3. The molecule has 2 nitrogen and oxygen atoms in total. The molecule has 0 radical (unpaired) electrons. The number of aryl methyl sites for hydroxylation is 1. The quantitative estimate of drug-likeness (QED) is 0.648. The zero-order chi connectivity index (χ0) is 10.4. The molecule has 0 saturated heterocycles. The first kappa shape index (κ1) is 10.8. The van der Waals surface area contributed by atoms with Crippen molar-refractivity contribution in [1.82, 2.24) is 0 Å². The summed E-state index contributed by atoms with van der Waals surface area (Å²) in [6.45, 7) is 5.83. The summed E-state index contributed by atoms with van der Waals surface area (Å²) in [6.07, 6.45) is 4.27. The zero-order valence-corrected chi connectivity index (χ0v) is 8.58. The second-order valence-corrected chi connectivity index (χ2v) is 3.40. The summed E-state index contributed by atoms with van der Waals surface area (Å²) >= 11 is 0. The van der Waals surface area contributed by atoms with Crippen LogP contribution in [0.2, 0.25) is 0 Å². The third-order valence-corrected chi connectivity index (χ3v) is 2.18. The molecule has 2 heteroatoms. The molecule has 1 rings (SSSR count). The molecule has 0 saturated carbocycles. The molecule has 0 fully saturated rings. The van der Waals surface area contributed by atoms with E-state index in [-0.39, 0.29) is 5.78 Å². The molecule has 0 unspecified atom stereocenters. The summed E-state index contributed by atoms with van der Waals surface area (Å²) in [5, 5.41) is 0. The zero-order valence-electron chi connectivity index (χ0n) is 8.58. The lowest BCUT2D eigenvalue weighted by atomic mass is 10.1. The number of ketones is 1. The minimum Gasteiger partial charge on any atom is -0.469 e. The summed E-state index contributed by atoms with van der Waals surface area (Å²) in [5.41, 5.74) is 1.01. The van der Waals surface area contributed by atoms with E-state index in [2.05, 4.69) is 6.58 Å². The SMILES string of the molecule is C=C(CC)CC(=O)CCc1ccco1. The van der Waals surface area contributed by atoms with E-state index in [0.29, 0.717) is 19.3 Å². The Morgan fingerprint density at radius 2 is 2.36 bits per heavy atom. The molecule has 1 aromatic rings. The van der Waals surface area contributed by atoms with E-state index in [0.717, 1.165) is 17.8 Å². The van der Waals surface area contributed by atoms with Crippen LogP contribution in [0.3, 0.4) is 0 Å². The average molecular weight is 192 g/mol. The van der Waals surface area contributed by atoms with Gasteiger partial charge in [-0.25, -0.2) is 0 Å². The normalized spacial score (nSPS) is 10.1. The number of rotatable bonds is 6. The molecule has 0 amide bonds. The van der Waals surface area contributed by atoms with Crippen LogP contribution in [0.15, 0.2) is 35.0 Å². The van der Waals surface area contributed by atoms with Gasteiger partial charge in [-0.2, -0.15) is 0 Å². The van der Waals surface area contributed by atoms with Crippen molar-refractivity contribution < 1.29 is 9.21 Å². The Hall–Kier alpha value is -1.31. The predicted octanol–water partition coefficient (Wildman–Crippen LogP) is 3.14. The van der Waals surface area contributed by atoms with Crippen molar-refractivity contribution >= 4 is 5.78 Å². The highest BCUT2D eigenvalue weighted by Gasteiger charge is 2.05. The molecule has 14 heavy (non-hydrogen) atoms.